The van der Waals surface area contributed by atoms with Gasteiger partial charge in [0.15, 0.2) is 5.76 Å². The van der Waals surface area contributed by atoms with Crippen LogP contribution in [0.25, 0.3) is 22.6 Å². The Morgan fingerprint density at radius 1 is 1.17 bits per heavy atom. The van der Waals surface area contributed by atoms with E-state index in [0.717, 1.165) is 16.8 Å². The highest BCUT2D eigenvalue weighted by Gasteiger charge is 2.15. The van der Waals surface area contributed by atoms with Crippen molar-refractivity contribution >= 4 is 11.5 Å². The molecule has 23 heavy (non-hydrogen) atoms. The Hall–Kier alpha value is -3.26. The van der Waals surface area contributed by atoms with E-state index in [1.165, 1.54) is 0 Å². The molecule has 0 saturated heterocycles. The Morgan fingerprint density at radius 2 is 1.91 bits per heavy atom. The minimum atomic E-state index is 0.201. The van der Waals surface area contributed by atoms with Gasteiger partial charge in [0.2, 0.25) is 0 Å². The van der Waals surface area contributed by atoms with Crippen molar-refractivity contribution in [2.75, 3.05) is 24.7 Å². The lowest BCUT2D eigenvalue weighted by Crippen LogP contribution is -2.08. The molecule has 0 spiro atoms. The highest BCUT2D eigenvalue weighted by atomic mass is 16.3. The molecule has 2 N–H and O–H groups in total. The number of nitrogens with two attached hydrogens (primary N) is 1. The summed E-state index contributed by atoms with van der Waals surface area (Å²) in [5.74, 6) is 0.820. The Bertz CT molecular complexity index is 859. The van der Waals surface area contributed by atoms with Crippen LogP contribution in [-0.2, 0) is 0 Å². The maximum atomic E-state index is 9.23. The van der Waals surface area contributed by atoms with Gasteiger partial charge in [-0.05, 0) is 35.9 Å². The third-order valence-electron chi connectivity index (χ3n) is 3.62. The fourth-order valence-electron chi connectivity index (χ4n) is 2.38. The van der Waals surface area contributed by atoms with Gasteiger partial charge >= 0.3 is 0 Å². The molecule has 5 nitrogen and oxygen atoms in total. The standard InChI is InChI=1S/C18H16N4O/c1-22(2)14-7-5-12(6-8-14)15-10-13(11-19)18(20)21-17(15)16-4-3-9-23-16/h3-10H,1-2H3,(H2,20,21). The second-order valence-corrected chi connectivity index (χ2v) is 5.35. The topological polar surface area (TPSA) is 79.1 Å². The molecule has 0 bridgehead atoms. The van der Waals surface area contributed by atoms with Gasteiger partial charge in [-0.3, -0.25) is 0 Å². The lowest BCUT2D eigenvalue weighted by molar-refractivity contribution is 0.580. The SMILES string of the molecule is CN(C)c1ccc(-c2cc(C#N)c(N)nc2-c2ccco2)cc1. The number of nitriles is 1. The van der Waals surface area contributed by atoms with Crippen LogP contribution in [0.3, 0.4) is 0 Å². The van der Waals surface area contributed by atoms with E-state index < -0.39 is 0 Å². The predicted molar refractivity (Wildman–Crippen MR) is 90.8 cm³/mol. The summed E-state index contributed by atoms with van der Waals surface area (Å²) < 4.78 is 5.46. The number of anilines is 2. The van der Waals surface area contributed by atoms with Gasteiger partial charge in [-0.25, -0.2) is 4.98 Å². The fourth-order valence-corrected chi connectivity index (χ4v) is 2.38. The molecule has 114 valence electrons. The molecule has 0 atom stereocenters. The molecule has 0 aliphatic rings. The third-order valence-corrected chi connectivity index (χ3v) is 3.62. The molecule has 3 aromatic rings. The second kappa shape index (κ2) is 5.85. The summed E-state index contributed by atoms with van der Waals surface area (Å²) in [5.41, 5.74) is 9.71. The Morgan fingerprint density at radius 3 is 2.48 bits per heavy atom. The van der Waals surface area contributed by atoms with E-state index in [1.54, 1.807) is 18.4 Å². The fraction of sp³-hybridized carbons (Fsp3) is 0.111. The van der Waals surface area contributed by atoms with Crippen LogP contribution in [0, 0.1) is 11.3 Å². The smallest absolute Gasteiger partial charge is 0.152 e. The van der Waals surface area contributed by atoms with Crippen molar-refractivity contribution in [1.82, 2.24) is 4.98 Å². The molecule has 1 aromatic carbocycles. The van der Waals surface area contributed by atoms with Gasteiger partial charge in [0.05, 0.1) is 11.8 Å². The minimum Gasteiger partial charge on any atom is -0.463 e. The summed E-state index contributed by atoms with van der Waals surface area (Å²) in [5, 5.41) is 9.23. The Balaban J connectivity index is 2.19. The number of hydrogen-bond donors (Lipinski definition) is 1. The molecule has 0 aliphatic heterocycles. The highest BCUT2D eigenvalue weighted by Crippen LogP contribution is 2.34. The molecular weight excluding hydrogens is 288 g/mol. The van der Waals surface area contributed by atoms with Crippen LogP contribution < -0.4 is 10.6 Å². The Labute approximate surface area is 134 Å². The van der Waals surface area contributed by atoms with Crippen molar-refractivity contribution < 1.29 is 4.42 Å². The second-order valence-electron chi connectivity index (χ2n) is 5.35. The number of furan rings is 1. The molecule has 5 heteroatoms. The van der Waals surface area contributed by atoms with E-state index in [9.17, 15) is 5.26 Å². The first-order valence-electron chi connectivity index (χ1n) is 7.12. The number of rotatable bonds is 3. The van der Waals surface area contributed by atoms with Gasteiger partial charge in [-0.15, -0.1) is 0 Å². The van der Waals surface area contributed by atoms with E-state index in [0.29, 0.717) is 17.0 Å². The van der Waals surface area contributed by atoms with Crippen LogP contribution >= 0.6 is 0 Å². The van der Waals surface area contributed by atoms with E-state index in [2.05, 4.69) is 11.1 Å². The summed E-state index contributed by atoms with van der Waals surface area (Å²) in [6.07, 6.45) is 1.59. The van der Waals surface area contributed by atoms with Crippen LogP contribution in [0.15, 0.2) is 53.1 Å². The van der Waals surface area contributed by atoms with Crippen molar-refractivity contribution in [3.8, 4) is 28.7 Å². The van der Waals surface area contributed by atoms with Gasteiger partial charge < -0.3 is 15.1 Å². The molecule has 0 radical (unpaired) electrons. The number of nitrogen functional groups attached to an aromatic ring is 1. The molecule has 2 aromatic heterocycles. The zero-order valence-electron chi connectivity index (χ0n) is 12.9. The van der Waals surface area contributed by atoms with Gasteiger partial charge in [0, 0.05) is 25.3 Å². The van der Waals surface area contributed by atoms with Crippen LogP contribution in [0.4, 0.5) is 11.5 Å². The van der Waals surface area contributed by atoms with Crippen LogP contribution in [0.1, 0.15) is 5.56 Å². The van der Waals surface area contributed by atoms with Crippen molar-refractivity contribution in [1.29, 1.82) is 5.26 Å². The number of hydrogen-bond acceptors (Lipinski definition) is 5. The molecule has 0 saturated carbocycles. The lowest BCUT2D eigenvalue weighted by atomic mass is 10.00. The minimum absolute atomic E-state index is 0.201. The van der Waals surface area contributed by atoms with Crippen molar-refractivity contribution in [3.05, 3.63) is 54.3 Å². The summed E-state index contributed by atoms with van der Waals surface area (Å²) in [6.45, 7) is 0. The van der Waals surface area contributed by atoms with E-state index in [1.807, 2.05) is 49.3 Å². The number of pyridine rings is 1. The predicted octanol–water partition coefficient (Wildman–Crippen LogP) is 3.53. The number of benzene rings is 1. The number of nitrogens with zero attached hydrogens (tertiary/aromatic N) is 3. The molecule has 0 fully saturated rings. The zero-order chi connectivity index (χ0) is 16.4. The number of aromatic nitrogens is 1. The lowest BCUT2D eigenvalue weighted by Gasteiger charge is -2.14. The third kappa shape index (κ3) is 2.74. The molecule has 0 aliphatic carbocycles. The maximum Gasteiger partial charge on any atom is 0.152 e. The summed E-state index contributed by atoms with van der Waals surface area (Å²) >= 11 is 0. The zero-order valence-corrected chi connectivity index (χ0v) is 12.9. The summed E-state index contributed by atoms with van der Waals surface area (Å²) in [6, 6.07) is 15.5. The molecule has 3 rings (SSSR count). The van der Waals surface area contributed by atoms with E-state index in [4.69, 9.17) is 10.2 Å². The van der Waals surface area contributed by atoms with Crippen LogP contribution in [-0.4, -0.2) is 19.1 Å². The first-order valence-corrected chi connectivity index (χ1v) is 7.12. The average molecular weight is 304 g/mol. The summed E-state index contributed by atoms with van der Waals surface area (Å²) in [4.78, 5) is 6.40. The van der Waals surface area contributed by atoms with Crippen molar-refractivity contribution in [2.24, 2.45) is 0 Å². The van der Waals surface area contributed by atoms with Crippen LogP contribution in [0.2, 0.25) is 0 Å². The maximum absolute atomic E-state index is 9.23. The Kier molecular flexibility index (Phi) is 3.73. The monoisotopic (exact) mass is 304 g/mol. The van der Waals surface area contributed by atoms with E-state index in [-0.39, 0.29) is 5.82 Å². The van der Waals surface area contributed by atoms with Gasteiger partial charge in [-0.2, -0.15) is 5.26 Å². The van der Waals surface area contributed by atoms with Crippen molar-refractivity contribution in [3.63, 3.8) is 0 Å². The first-order chi connectivity index (χ1) is 11.1. The quantitative estimate of drug-likeness (QED) is 0.800. The average Bonchev–Trinajstić information content (AvgIpc) is 3.09. The molecule has 2 heterocycles. The molecule has 0 unspecified atom stereocenters. The summed E-state index contributed by atoms with van der Waals surface area (Å²) in [7, 11) is 3.98. The first kappa shape index (κ1) is 14.7. The molecular formula is C18H16N4O. The molecule has 0 amide bonds. The van der Waals surface area contributed by atoms with Gasteiger partial charge in [-0.1, -0.05) is 12.1 Å². The van der Waals surface area contributed by atoms with Crippen LogP contribution in [0.5, 0.6) is 0 Å². The van der Waals surface area contributed by atoms with Gasteiger partial charge in [0.1, 0.15) is 17.6 Å². The van der Waals surface area contributed by atoms with E-state index >= 15 is 0 Å². The van der Waals surface area contributed by atoms with Gasteiger partial charge in [0.25, 0.3) is 0 Å². The normalized spacial score (nSPS) is 10.3. The van der Waals surface area contributed by atoms with Crippen molar-refractivity contribution in [2.45, 2.75) is 0 Å². The largest absolute Gasteiger partial charge is 0.463 e. The highest BCUT2D eigenvalue weighted by molar-refractivity contribution is 5.82.